The number of nitrogens with zero attached hydrogens (tertiary/aromatic N) is 2. The van der Waals surface area contributed by atoms with E-state index in [1.165, 1.54) is 24.3 Å². The van der Waals surface area contributed by atoms with Crippen molar-refractivity contribution in [3.05, 3.63) is 47.2 Å². The highest BCUT2D eigenvalue weighted by molar-refractivity contribution is 7.89. The summed E-state index contributed by atoms with van der Waals surface area (Å²) in [5, 5.41) is 3.44. The van der Waals surface area contributed by atoms with Gasteiger partial charge in [0.2, 0.25) is 16.0 Å². The lowest BCUT2D eigenvalue weighted by Gasteiger charge is -2.08. The summed E-state index contributed by atoms with van der Waals surface area (Å²) in [4.78, 5) is 8.37. The Morgan fingerprint density at radius 3 is 2.16 bits per heavy atom. The lowest BCUT2D eigenvalue weighted by molar-refractivity contribution is 0.583. The van der Waals surface area contributed by atoms with Crippen LogP contribution in [0.2, 0.25) is 5.02 Å². The molecule has 6 nitrogen and oxygen atoms in total. The number of halogens is 1. The molecule has 0 unspecified atom stereocenters. The fraction of sp³-hybridized carbons (Fsp3) is 0.412. The van der Waals surface area contributed by atoms with Gasteiger partial charge in [-0.3, -0.25) is 0 Å². The number of aryl methyl sites for hydroxylation is 1. The van der Waals surface area contributed by atoms with Gasteiger partial charge in [-0.05, 0) is 37.3 Å². The van der Waals surface area contributed by atoms with Crippen LogP contribution >= 0.6 is 11.6 Å². The standard InChI is InChI=1S/C13H15ClN4O2S.2C2H6/c1-10-6-7-15-13(18-10)16-8-9-17-21(19,20)12-4-2-11(14)3-5-12;2*1-2/h2-7,17H,8-9H2,1H3,(H,15,16,18);2*1-2H3. The van der Waals surface area contributed by atoms with Crippen molar-refractivity contribution in [3.63, 3.8) is 0 Å². The van der Waals surface area contributed by atoms with Gasteiger partial charge in [0.15, 0.2) is 0 Å². The molecular weight excluding hydrogens is 360 g/mol. The summed E-state index contributed by atoms with van der Waals surface area (Å²) >= 11 is 5.73. The molecule has 2 aromatic rings. The smallest absolute Gasteiger partial charge is 0.240 e. The fourth-order valence-electron chi connectivity index (χ4n) is 1.59. The van der Waals surface area contributed by atoms with Crippen LogP contribution < -0.4 is 10.0 Å². The summed E-state index contributed by atoms with van der Waals surface area (Å²) in [5.74, 6) is 0.473. The summed E-state index contributed by atoms with van der Waals surface area (Å²) in [5.41, 5.74) is 0.842. The Morgan fingerprint density at radius 2 is 1.60 bits per heavy atom. The highest BCUT2D eigenvalue weighted by atomic mass is 35.5. The van der Waals surface area contributed by atoms with E-state index in [0.29, 0.717) is 17.5 Å². The normalized spacial score (nSPS) is 10.0. The van der Waals surface area contributed by atoms with Gasteiger partial charge in [0.25, 0.3) is 0 Å². The van der Waals surface area contributed by atoms with Crippen LogP contribution in [0.5, 0.6) is 0 Å². The zero-order valence-corrected chi connectivity index (χ0v) is 16.9. The van der Waals surface area contributed by atoms with Crippen molar-refractivity contribution < 1.29 is 8.42 Å². The van der Waals surface area contributed by atoms with Crippen LogP contribution in [0.3, 0.4) is 0 Å². The lowest BCUT2D eigenvalue weighted by Crippen LogP contribution is -2.29. The summed E-state index contributed by atoms with van der Waals surface area (Å²) in [6, 6.07) is 7.78. The summed E-state index contributed by atoms with van der Waals surface area (Å²) < 4.78 is 26.5. The van der Waals surface area contributed by atoms with Crippen molar-refractivity contribution in [2.45, 2.75) is 39.5 Å². The summed E-state index contributed by atoms with van der Waals surface area (Å²) in [6.07, 6.45) is 1.64. The number of anilines is 1. The van der Waals surface area contributed by atoms with E-state index in [-0.39, 0.29) is 11.4 Å². The van der Waals surface area contributed by atoms with E-state index in [1.54, 1.807) is 12.3 Å². The first-order chi connectivity index (χ1) is 12.0. The minimum Gasteiger partial charge on any atom is -0.353 e. The molecule has 0 bridgehead atoms. The molecule has 0 aliphatic heterocycles. The molecule has 0 aliphatic carbocycles. The number of rotatable bonds is 6. The summed E-state index contributed by atoms with van der Waals surface area (Å²) in [6.45, 7) is 10.5. The van der Waals surface area contributed by atoms with E-state index >= 15 is 0 Å². The molecule has 0 atom stereocenters. The van der Waals surface area contributed by atoms with Gasteiger partial charge in [-0.1, -0.05) is 39.3 Å². The molecular formula is C17H27ClN4O2S. The second-order valence-electron chi connectivity index (χ2n) is 4.30. The molecule has 1 aromatic heterocycles. The Balaban J connectivity index is 0.00000134. The van der Waals surface area contributed by atoms with E-state index in [2.05, 4.69) is 20.0 Å². The van der Waals surface area contributed by atoms with Gasteiger partial charge < -0.3 is 5.32 Å². The van der Waals surface area contributed by atoms with Crippen molar-refractivity contribution in [1.82, 2.24) is 14.7 Å². The minimum atomic E-state index is -3.53. The highest BCUT2D eigenvalue weighted by Gasteiger charge is 2.12. The van der Waals surface area contributed by atoms with Gasteiger partial charge in [-0.25, -0.2) is 23.1 Å². The molecule has 0 saturated heterocycles. The van der Waals surface area contributed by atoms with Crippen molar-refractivity contribution >= 4 is 27.6 Å². The third-order valence-electron chi connectivity index (χ3n) is 2.62. The van der Waals surface area contributed by atoms with Crippen molar-refractivity contribution in [3.8, 4) is 0 Å². The van der Waals surface area contributed by atoms with Crippen molar-refractivity contribution in [1.29, 1.82) is 0 Å². The van der Waals surface area contributed by atoms with E-state index in [1.807, 2.05) is 34.6 Å². The van der Waals surface area contributed by atoms with Gasteiger partial charge in [0.05, 0.1) is 4.90 Å². The number of hydrogen-bond donors (Lipinski definition) is 2. The van der Waals surface area contributed by atoms with Crippen LogP contribution in [-0.4, -0.2) is 31.5 Å². The van der Waals surface area contributed by atoms with Gasteiger partial charge >= 0.3 is 0 Å². The maximum Gasteiger partial charge on any atom is 0.240 e. The molecule has 8 heteroatoms. The highest BCUT2D eigenvalue weighted by Crippen LogP contribution is 2.13. The SMILES string of the molecule is CC.CC.Cc1ccnc(NCCNS(=O)(=O)c2ccc(Cl)cc2)n1. The number of nitrogens with one attached hydrogen (secondary N) is 2. The summed E-state index contributed by atoms with van der Waals surface area (Å²) in [7, 11) is -3.53. The van der Waals surface area contributed by atoms with Crippen LogP contribution in [0.1, 0.15) is 33.4 Å². The Hall–Kier alpha value is -1.70. The molecule has 0 fully saturated rings. The first-order valence-corrected chi connectivity index (χ1v) is 10.1. The zero-order chi connectivity index (χ0) is 19.3. The molecule has 2 N–H and O–H groups in total. The number of hydrogen-bond acceptors (Lipinski definition) is 5. The average Bonchev–Trinajstić information content (AvgIpc) is 2.63. The predicted octanol–water partition coefficient (Wildman–Crippen LogP) is 3.88. The maximum absolute atomic E-state index is 12.0. The topological polar surface area (TPSA) is 84.0 Å². The maximum atomic E-state index is 12.0. The van der Waals surface area contributed by atoms with Crippen LogP contribution in [0.25, 0.3) is 0 Å². The Labute approximate surface area is 156 Å². The first-order valence-electron chi connectivity index (χ1n) is 8.26. The molecule has 0 radical (unpaired) electrons. The van der Waals surface area contributed by atoms with Gasteiger partial charge in [0, 0.05) is 30.0 Å². The van der Waals surface area contributed by atoms with E-state index in [0.717, 1.165) is 5.69 Å². The molecule has 1 aromatic carbocycles. The Morgan fingerprint density at radius 1 is 1.00 bits per heavy atom. The van der Waals surface area contributed by atoms with E-state index in [4.69, 9.17) is 11.6 Å². The number of sulfonamides is 1. The Kier molecular flexibility index (Phi) is 11.8. The van der Waals surface area contributed by atoms with Crippen LogP contribution in [0.4, 0.5) is 5.95 Å². The lowest BCUT2D eigenvalue weighted by atomic mass is 10.4. The molecule has 25 heavy (non-hydrogen) atoms. The first kappa shape index (κ1) is 23.3. The zero-order valence-electron chi connectivity index (χ0n) is 15.4. The molecule has 0 spiro atoms. The van der Waals surface area contributed by atoms with E-state index < -0.39 is 10.0 Å². The number of aromatic nitrogens is 2. The molecule has 140 valence electrons. The van der Waals surface area contributed by atoms with Gasteiger partial charge in [0.1, 0.15) is 0 Å². The van der Waals surface area contributed by atoms with Crippen molar-refractivity contribution in [2.75, 3.05) is 18.4 Å². The van der Waals surface area contributed by atoms with Crippen LogP contribution in [-0.2, 0) is 10.0 Å². The molecule has 2 rings (SSSR count). The number of benzene rings is 1. The average molecular weight is 387 g/mol. The second-order valence-corrected chi connectivity index (χ2v) is 6.50. The van der Waals surface area contributed by atoms with Crippen LogP contribution in [0, 0.1) is 6.92 Å². The Bertz CT molecular complexity index is 707. The molecule has 0 saturated carbocycles. The predicted molar refractivity (Wildman–Crippen MR) is 105 cm³/mol. The second kappa shape index (κ2) is 12.6. The molecule has 1 heterocycles. The monoisotopic (exact) mass is 386 g/mol. The van der Waals surface area contributed by atoms with Gasteiger partial charge in [-0.15, -0.1) is 0 Å². The van der Waals surface area contributed by atoms with Crippen molar-refractivity contribution in [2.24, 2.45) is 0 Å². The minimum absolute atomic E-state index is 0.179. The third kappa shape index (κ3) is 8.81. The fourth-order valence-corrected chi connectivity index (χ4v) is 2.75. The van der Waals surface area contributed by atoms with Gasteiger partial charge in [-0.2, -0.15) is 0 Å². The molecule has 0 aliphatic rings. The van der Waals surface area contributed by atoms with Crippen LogP contribution in [0.15, 0.2) is 41.4 Å². The third-order valence-corrected chi connectivity index (χ3v) is 4.35. The van der Waals surface area contributed by atoms with E-state index in [9.17, 15) is 8.42 Å². The largest absolute Gasteiger partial charge is 0.353 e. The molecule has 0 amide bonds. The quantitative estimate of drug-likeness (QED) is 0.736.